The van der Waals surface area contributed by atoms with Crippen LogP contribution in [0, 0.1) is 23.3 Å². The zero-order valence-electron chi connectivity index (χ0n) is 18.7. The molecule has 4 aliphatic heterocycles. The van der Waals surface area contributed by atoms with Crippen molar-refractivity contribution in [1.82, 2.24) is 14.7 Å². The summed E-state index contributed by atoms with van der Waals surface area (Å²) in [4.78, 5) is 30.2. The largest absolute Gasteiger partial charge is 1.00 e. The minimum Gasteiger partial charge on any atom is -1.00 e. The second-order valence-electron chi connectivity index (χ2n) is 8.71. The maximum Gasteiger partial charge on any atom is 0.220 e. The van der Waals surface area contributed by atoms with Crippen LogP contribution in [0.2, 0.25) is 0 Å². The molecule has 0 amide bonds. The molecule has 0 radical (unpaired) electrons. The third kappa shape index (κ3) is 7.00. The van der Waals surface area contributed by atoms with E-state index in [0.717, 1.165) is 76.4 Å². The van der Waals surface area contributed by atoms with Crippen LogP contribution in [0.3, 0.4) is 0 Å². The first-order valence-corrected chi connectivity index (χ1v) is 10.5. The van der Waals surface area contributed by atoms with Crippen LogP contribution < -0.4 is 30.5 Å². The third-order valence-corrected chi connectivity index (χ3v) is 5.86. The van der Waals surface area contributed by atoms with Crippen LogP contribution >= 0.6 is 0 Å². The van der Waals surface area contributed by atoms with Gasteiger partial charge in [0.1, 0.15) is 56.4 Å². The Morgan fingerprint density at radius 3 is 1.53 bits per heavy atom. The lowest BCUT2D eigenvalue weighted by atomic mass is 10.1. The van der Waals surface area contributed by atoms with Crippen LogP contribution in [0.4, 0.5) is 17.6 Å². The summed E-state index contributed by atoms with van der Waals surface area (Å²) in [7, 11) is 0. The zero-order valence-corrected chi connectivity index (χ0v) is 20.2. The molecule has 13 heteroatoms. The molecule has 2 aromatic rings. The molecule has 4 saturated heterocycles. The number of hydrogen-bond donors (Lipinski definition) is 1. The number of carbonyl (C=O) groups excluding carboxylic acids is 2. The van der Waals surface area contributed by atoms with Crippen LogP contribution in [0.5, 0.6) is 0 Å². The first-order chi connectivity index (χ1) is 15.7. The van der Waals surface area contributed by atoms with Crippen molar-refractivity contribution in [2.75, 3.05) is 53.1 Å². The van der Waals surface area contributed by atoms with Crippen molar-refractivity contribution in [2.45, 2.75) is 7.43 Å². The van der Waals surface area contributed by atoms with E-state index in [1.807, 2.05) is 0 Å². The minimum absolute atomic E-state index is 0. The van der Waals surface area contributed by atoms with Crippen LogP contribution in [0.25, 0.3) is 0 Å². The van der Waals surface area contributed by atoms with Crippen LogP contribution in [0.1, 0.15) is 28.1 Å². The van der Waals surface area contributed by atoms with Gasteiger partial charge in [0.2, 0.25) is 11.6 Å². The molecule has 0 spiro atoms. The van der Waals surface area contributed by atoms with Crippen LogP contribution in [-0.2, 0) is 0 Å². The second kappa shape index (κ2) is 12.9. The van der Waals surface area contributed by atoms with Gasteiger partial charge in [-0.05, 0) is 36.4 Å². The first kappa shape index (κ1) is 31.9. The van der Waals surface area contributed by atoms with Crippen LogP contribution in [0.15, 0.2) is 36.4 Å². The SMILES string of the molecule is C.O=C(C[N+]12CN3CN(CN(C3)C1)C2)c1cc(F)ccc1F.[Cl-].[Cl-].[NH3+]CC(=O)c1cc(F)ccc1F. The molecule has 6 rings (SSSR count). The Kier molecular flexibility index (Phi) is 11.4. The molecule has 36 heavy (non-hydrogen) atoms. The number of carbonyl (C=O) groups is 2. The number of Topliss-reactive ketones (excluding diaryl/α,β-unsaturated/α-hetero) is 2. The summed E-state index contributed by atoms with van der Waals surface area (Å²) < 4.78 is 52.9. The predicted octanol–water partition coefficient (Wildman–Crippen LogP) is -4.31. The molecule has 3 N–H and O–H groups in total. The van der Waals surface area contributed by atoms with E-state index in [9.17, 15) is 27.2 Å². The quantitative estimate of drug-likeness (QED) is 0.230. The maximum atomic E-state index is 13.8. The zero-order chi connectivity index (χ0) is 23.8. The van der Waals surface area contributed by atoms with E-state index in [0.29, 0.717) is 4.48 Å². The van der Waals surface area contributed by atoms with Crippen molar-refractivity contribution in [2.24, 2.45) is 0 Å². The highest BCUT2D eigenvalue weighted by Gasteiger charge is 2.49. The maximum absolute atomic E-state index is 13.8. The van der Waals surface area contributed by atoms with Gasteiger partial charge in [-0.3, -0.25) is 14.1 Å². The highest BCUT2D eigenvalue weighted by Crippen LogP contribution is 2.29. The van der Waals surface area contributed by atoms with Gasteiger partial charge >= 0.3 is 0 Å². The lowest BCUT2D eigenvalue weighted by Gasteiger charge is -2.60. The van der Waals surface area contributed by atoms with E-state index in [1.165, 1.54) is 0 Å². The highest BCUT2D eigenvalue weighted by molar-refractivity contribution is 5.97. The number of quaternary nitrogens is 2. The highest BCUT2D eigenvalue weighted by atomic mass is 35.5. The van der Waals surface area contributed by atoms with Crippen molar-refractivity contribution in [1.29, 1.82) is 0 Å². The molecular formula is C23H29Cl2F4N5O2. The second-order valence-corrected chi connectivity index (χ2v) is 8.71. The molecule has 4 bridgehead atoms. The fraction of sp³-hybridized carbons (Fsp3) is 0.391. The average molecular weight is 554 g/mol. The van der Waals surface area contributed by atoms with E-state index in [2.05, 4.69) is 20.4 Å². The Morgan fingerprint density at radius 2 is 1.14 bits per heavy atom. The van der Waals surface area contributed by atoms with E-state index in [-0.39, 0.29) is 62.2 Å². The molecule has 0 atom stereocenters. The molecule has 4 heterocycles. The molecule has 4 fully saturated rings. The van der Waals surface area contributed by atoms with E-state index in [1.54, 1.807) is 0 Å². The monoisotopic (exact) mass is 553 g/mol. The summed E-state index contributed by atoms with van der Waals surface area (Å²) in [6.07, 6.45) is 0. The predicted molar refractivity (Wildman–Crippen MR) is 116 cm³/mol. The Morgan fingerprint density at radius 1 is 0.750 bits per heavy atom. The van der Waals surface area contributed by atoms with Gasteiger partial charge in [-0.15, -0.1) is 0 Å². The molecule has 0 aliphatic carbocycles. The molecule has 200 valence electrons. The standard InChI is InChI=1S/C14H17F2N4O.C8H7F2NO.CH4.2ClH/c15-11-1-2-13(16)12(3-11)14(21)4-20-8-17-5-18(9-20)7-19(6-17)10-20;9-5-1-2-7(10)6(3-5)8(12)4-11;;;/h1-3H,4-10H2;1-3H,4,11H2;1H4;2*1H/q+1;;;;/p-1. The van der Waals surface area contributed by atoms with E-state index < -0.39 is 29.1 Å². The summed E-state index contributed by atoms with van der Waals surface area (Å²) in [5.41, 5.74) is 2.93. The van der Waals surface area contributed by atoms with Crippen molar-refractivity contribution in [3.8, 4) is 0 Å². The lowest BCUT2D eigenvalue weighted by Crippen LogP contribution is -3.00. The van der Waals surface area contributed by atoms with Crippen LogP contribution in [-0.4, -0.2) is 83.9 Å². The van der Waals surface area contributed by atoms with Gasteiger partial charge in [-0.1, -0.05) is 7.43 Å². The summed E-state index contributed by atoms with van der Waals surface area (Å²) in [6.45, 7) is 5.34. The third-order valence-electron chi connectivity index (χ3n) is 5.86. The van der Waals surface area contributed by atoms with Crippen molar-refractivity contribution in [3.63, 3.8) is 0 Å². The fourth-order valence-electron chi connectivity index (χ4n) is 4.75. The molecule has 7 nitrogen and oxygen atoms in total. The summed E-state index contributed by atoms with van der Waals surface area (Å²) in [5, 5.41) is 0. The van der Waals surface area contributed by atoms with Crippen molar-refractivity contribution < 1.29 is 62.2 Å². The van der Waals surface area contributed by atoms with Gasteiger partial charge in [-0.2, -0.15) is 0 Å². The number of ketones is 2. The number of nitrogens with zero attached hydrogens (tertiary/aromatic N) is 4. The normalized spacial score (nSPS) is 24.9. The number of hydrogen-bond acceptors (Lipinski definition) is 5. The number of rotatable bonds is 5. The minimum atomic E-state index is -0.704. The molecule has 2 aromatic carbocycles. The Balaban J connectivity index is 0.000000378. The van der Waals surface area contributed by atoms with E-state index >= 15 is 0 Å². The van der Waals surface area contributed by atoms with Gasteiger partial charge in [0.25, 0.3) is 0 Å². The van der Waals surface area contributed by atoms with Gasteiger partial charge in [0.05, 0.1) is 31.1 Å². The van der Waals surface area contributed by atoms with Gasteiger partial charge in [0, 0.05) is 0 Å². The van der Waals surface area contributed by atoms with Crippen molar-refractivity contribution >= 4 is 11.6 Å². The molecule has 4 aliphatic rings. The lowest BCUT2D eigenvalue weighted by molar-refractivity contribution is -0.973. The smallest absolute Gasteiger partial charge is 0.220 e. The fourth-order valence-corrected chi connectivity index (χ4v) is 4.75. The molecular weight excluding hydrogens is 525 g/mol. The molecule has 0 saturated carbocycles. The Labute approximate surface area is 219 Å². The molecule has 0 aromatic heterocycles. The average Bonchev–Trinajstić information content (AvgIpc) is 2.75. The Hall–Kier alpha value is -2.12. The van der Waals surface area contributed by atoms with Gasteiger partial charge < -0.3 is 30.5 Å². The van der Waals surface area contributed by atoms with Gasteiger partial charge in [-0.25, -0.2) is 32.3 Å². The summed E-state index contributed by atoms with van der Waals surface area (Å²) in [5.74, 6) is -3.35. The number of benzene rings is 2. The summed E-state index contributed by atoms with van der Waals surface area (Å²) in [6, 6.07) is 5.83. The van der Waals surface area contributed by atoms with Crippen molar-refractivity contribution in [3.05, 3.63) is 70.8 Å². The van der Waals surface area contributed by atoms with Gasteiger partial charge in [0.15, 0.2) is 0 Å². The van der Waals surface area contributed by atoms with E-state index in [4.69, 9.17) is 0 Å². The molecule has 0 unspecified atom stereocenters. The Bertz CT molecular complexity index is 1060. The first-order valence-electron chi connectivity index (χ1n) is 10.5. The summed E-state index contributed by atoms with van der Waals surface area (Å²) >= 11 is 0. The topological polar surface area (TPSA) is 71.5 Å². The number of halogens is 6.